The van der Waals surface area contributed by atoms with Crippen LogP contribution in [0, 0.1) is 0 Å². The molecule has 1 saturated carbocycles. The molecule has 0 atom stereocenters. The third-order valence-corrected chi connectivity index (χ3v) is 4.61. The molecule has 0 unspecified atom stereocenters. The molecule has 0 saturated heterocycles. The molecule has 26 heavy (non-hydrogen) atoms. The van der Waals surface area contributed by atoms with Crippen molar-refractivity contribution in [2.24, 2.45) is 0 Å². The maximum atomic E-state index is 12.5. The lowest BCUT2D eigenvalue weighted by Gasteiger charge is -2.15. The average molecular weight is 356 g/mol. The van der Waals surface area contributed by atoms with E-state index in [-0.39, 0.29) is 30.8 Å². The van der Waals surface area contributed by atoms with Gasteiger partial charge >= 0.3 is 0 Å². The predicted octanol–water partition coefficient (Wildman–Crippen LogP) is 2.77. The van der Waals surface area contributed by atoms with Gasteiger partial charge in [-0.2, -0.15) is 0 Å². The summed E-state index contributed by atoms with van der Waals surface area (Å²) >= 11 is 0. The summed E-state index contributed by atoms with van der Waals surface area (Å²) in [5.41, 5.74) is 0.935. The highest BCUT2D eigenvalue weighted by molar-refractivity contribution is 5.97. The number of amides is 1. The number of carbonyl (C=O) groups excluding carboxylic acids is 1. The lowest BCUT2D eigenvalue weighted by molar-refractivity contribution is 0.0947. The van der Waals surface area contributed by atoms with Gasteiger partial charge in [-0.05, 0) is 31.7 Å². The van der Waals surface area contributed by atoms with Crippen LogP contribution in [0.25, 0.3) is 0 Å². The number of hydrogen-bond acceptors (Lipinski definition) is 6. The SMILES string of the molecule is O=C(NCc1cccnc1OC1CCCC1)c1cc2c(cc1O)OCO2. The van der Waals surface area contributed by atoms with Gasteiger partial charge in [0.1, 0.15) is 11.9 Å². The van der Waals surface area contributed by atoms with Crippen molar-refractivity contribution in [2.75, 3.05) is 6.79 Å². The first-order valence-electron chi connectivity index (χ1n) is 8.72. The highest BCUT2D eigenvalue weighted by Gasteiger charge is 2.22. The second-order valence-corrected chi connectivity index (χ2v) is 6.40. The number of carbonyl (C=O) groups is 1. The molecule has 1 aromatic carbocycles. The third kappa shape index (κ3) is 3.37. The molecule has 7 nitrogen and oxygen atoms in total. The van der Waals surface area contributed by atoms with E-state index in [1.54, 1.807) is 12.3 Å². The number of ether oxygens (including phenoxy) is 3. The topological polar surface area (TPSA) is 89.9 Å². The highest BCUT2D eigenvalue weighted by Crippen LogP contribution is 2.37. The first-order chi connectivity index (χ1) is 12.7. The van der Waals surface area contributed by atoms with Gasteiger partial charge in [0.25, 0.3) is 5.91 Å². The summed E-state index contributed by atoms with van der Waals surface area (Å²) in [4.78, 5) is 16.8. The molecular formula is C19H20N2O5. The fraction of sp³-hybridized carbons (Fsp3) is 0.368. The zero-order chi connectivity index (χ0) is 17.9. The fourth-order valence-corrected chi connectivity index (χ4v) is 3.21. The van der Waals surface area contributed by atoms with Crippen molar-refractivity contribution in [3.8, 4) is 23.1 Å². The maximum absolute atomic E-state index is 12.5. The van der Waals surface area contributed by atoms with Gasteiger partial charge in [-0.1, -0.05) is 6.07 Å². The van der Waals surface area contributed by atoms with Crippen LogP contribution < -0.4 is 19.5 Å². The fourth-order valence-electron chi connectivity index (χ4n) is 3.21. The molecule has 136 valence electrons. The minimum Gasteiger partial charge on any atom is -0.507 e. The van der Waals surface area contributed by atoms with E-state index >= 15 is 0 Å². The van der Waals surface area contributed by atoms with E-state index in [0.717, 1.165) is 18.4 Å². The summed E-state index contributed by atoms with van der Waals surface area (Å²) < 4.78 is 16.4. The molecule has 0 radical (unpaired) electrons. The van der Waals surface area contributed by atoms with Gasteiger partial charge in [-0.3, -0.25) is 4.79 Å². The smallest absolute Gasteiger partial charge is 0.255 e. The standard InChI is InChI=1S/C19H20N2O5/c22-15-9-17-16(24-11-25-17)8-14(15)18(23)21-10-12-4-3-7-20-19(12)26-13-5-1-2-6-13/h3-4,7-9,13,22H,1-2,5-6,10-11H2,(H,21,23). The molecule has 2 aliphatic rings. The number of fused-ring (bicyclic) bond motifs is 1. The second-order valence-electron chi connectivity index (χ2n) is 6.40. The lowest BCUT2D eigenvalue weighted by atomic mass is 10.1. The van der Waals surface area contributed by atoms with Gasteiger partial charge in [0.05, 0.1) is 5.56 Å². The Kier molecular flexibility index (Phi) is 4.51. The Balaban J connectivity index is 1.45. The number of pyridine rings is 1. The van der Waals surface area contributed by atoms with E-state index in [2.05, 4.69) is 10.3 Å². The summed E-state index contributed by atoms with van der Waals surface area (Å²) in [7, 11) is 0. The van der Waals surface area contributed by atoms with Crippen LogP contribution in [-0.4, -0.2) is 28.9 Å². The monoisotopic (exact) mass is 356 g/mol. The van der Waals surface area contributed by atoms with Gasteiger partial charge in [-0.15, -0.1) is 0 Å². The Morgan fingerprint density at radius 2 is 2.04 bits per heavy atom. The number of aromatic nitrogens is 1. The van der Waals surface area contributed by atoms with Crippen LogP contribution in [0.5, 0.6) is 23.1 Å². The second kappa shape index (κ2) is 7.11. The number of hydrogen-bond donors (Lipinski definition) is 2. The first kappa shape index (κ1) is 16.5. The highest BCUT2D eigenvalue weighted by atomic mass is 16.7. The van der Waals surface area contributed by atoms with Crippen LogP contribution in [0.1, 0.15) is 41.6 Å². The van der Waals surface area contributed by atoms with Gasteiger partial charge in [0.2, 0.25) is 12.7 Å². The summed E-state index contributed by atoms with van der Waals surface area (Å²) in [6.45, 7) is 0.333. The number of aromatic hydroxyl groups is 1. The summed E-state index contributed by atoms with van der Waals surface area (Å²) in [6, 6.07) is 6.54. The van der Waals surface area contributed by atoms with E-state index in [4.69, 9.17) is 14.2 Å². The molecule has 1 amide bonds. The minimum absolute atomic E-state index is 0.0807. The Morgan fingerprint density at radius 1 is 1.27 bits per heavy atom. The zero-order valence-corrected chi connectivity index (χ0v) is 14.2. The molecule has 0 spiro atoms. The largest absolute Gasteiger partial charge is 0.507 e. The van der Waals surface area contributed by atoms with Crippen molar-refractivity contribution in [2.45, 2.75) is 38.3 Å². The molecule has 1 aliphatic heterocycles. The average Bonchev–Trinajstić information content (AvgIpc) is 3.31. The zero-order valence-electron chi connectivity index (χ0n) is 14.2. The molecule has 1 aromatic heterocycles. The van der Waals surface area contributed by atoms with Crippen LogP contribution in [0.15, 0.2) is 30.5 Å². The van der Waals surface area contributed by atoms with Crippen LogP contribution >= 0.6 is 0 Å². The number of nitrogens with zero attached hydrogens (tertiary/aromatic N) is 1. The number of phenols is 1. The van der Waals surface area contributed by atoms with Crippen molar-refractivity contribution >= 4 is 5.91 Å². The van der Waals surface area contributed by atoms with Gasteiger partial charge in [0, 0.05) is 30.4 Å². The molecule has 7 heteroatoms. The number of nitrogens with one attached hydrogen (secondary N) is 1. The molecule has 4 rings (SSSR count). The van der Waals surface area contributed by atoms with Crippen molar-refractivity contribution in [1.82, 2.24) is 10.3 Å². The summed E-state index contributed by atoms with van der Waals surface area (Å²) in [5, 5.41) is 12.9. The first-order valence-corrected chi connectivity index (χ1v) is 8.72. The molecule has 1 fully saturated rings. The number of rotatable bonds is 5. The van der Waals surface area contributed by atoms with E-state index in [1.165, 1.54) is 25.0 Å². The molecule has 1 aliphatic carbocycles. The van der Waals surface area contributed by atoms with Crippen molar-refractivity contribution in [3.05, 3.63) is 41.6 Å². The lowest BCUT2D eigenvalue weighted by Crippen LogP contribution is -2.24. The molecule has 2 aromatic rings. The Labute approximate surface area is 150 Å². The van der Waals surface area contributed by atoms with Crippen LogP contribution in [-0.2, 0) is 6.54 Å². The summed E-state index contributed by atoms with van der Waals surface area (Å²) in [6.07, 6.45) is 6.29. The van der Waals surface area contributed by atoms with E-state index in [0.29, 0.717) is 17.4 Å². The molecule has 2 heterocycles. The predicted molar refractivity (Wildman–Crippen MR) is 92.5 cm³/mol. The van der Waals surface area contributed by atoms with Crippen LogP contribution in [0.3, 0.4) is 0 Å². The quantitative estimate of drug-likeness (QED) is 0.856. The Bertz CT molecular complexity index is 818. The molecule has 2 N–H and O–H groups in total. The Morgan fingerprint density at radius 3 is 2.85 bits per heavy atom. The van der Waals surface area contributed by atoms with E-state index in [9.17, 15) is 9.90 Å². The molecular weight excluding hydrogens is 336 g/mol. The van der Waals surface area contributed by atoms with Gasteiger partial charge in [-0.25, -0.2) is 4.98 Å². The number of phenolic OH excluding ortho intramolecular Hbond substituents is 1. The maximum Gasteiger partial charge on any atom is 0.255 e. The van der Waals surface area contributed by atoms with Crippen molar-refractivity contribution in [1.29, 1.82) is 0 Å². The van der Waals surface area contributed by atoms with E-state index in [1.807, 2.05) is 6.07 Å². The van der Waals surface area contributed by atoms with Crippen molar-refractivity contribution < 1.29 is 24.1 Å². The third-order valence-electron chi connectivity index (χ3n) is 4.61. The Hall–Kier alpha value is -2.96. The normalized spacial score (nSPS) is 15.8. The van der Waals surface area contributed by atoms with E-state index < -0.39 is 5.91 Å². The molecule has 0 bridgehead atoms. The van der Waals surface area contributed by atoms with Crippen molar-refractivity contribution in [3.63, 3.8) is 0 Å². The minimum atomic E-state index is -0.406. The van der Waals surface area contributed by atoms with Crippen LogP contribution in [0.2, 0.25) is 0 Å². The van der Waals surface area contributed by atoms with Gasteiger partial charge in [0.15, 0.2) is 11.5 Å². The van der Waals surface area contributed by atoms with Gasteiger partial charge < -0.3 is 24.6 Å². The summed E-state index contributed by atoms with van der Waals surface area (Å²) in [5.74, 6) is 0.865. The van der Waals surface area contributed by atoms with Crippen LogP contribution in [0.4, 0.5) is 0 Å². The number of benzene rings is 1.